The molecule has 3 aromatic rings. The lowest BCUT2D eigenvalue weighted by Crippen LogP contribution is -2.46. The summed E-state index contributed by atoms with van der Waals surface area (Å²) in [6, 6.07) is 14.9. The summed E-state index contributed by atoms with van der Waals surface area (Å²) in [4.78, 5) is 17.7. The molecule has 0 atom stereocenters. The van der Waals surface area contributed by atoms with E-state index >= 15 is 0 Å². The summed E-state index contributed by atoms with van der Waals surface area (Å²) in [6.45, 7) is 8.14. The quantitative estimate of drug-likeness (QED) is 0.495. The molecule has 6 nitrogen and oxygen atoms in total. The fraction of sp³-hybridized carbons (Fsp3) is 0.360. The van der Waals surface area contributed by atoms with E-state index in [9.17, 15) is 9.18 Å². The zero-order chi connectivity index (χ0) is 23.2. The van der Waals surface area contributed by atoms with Crippen LogP contribution in [0.1, 0.15) is 28.1 Å². The Hall–Kier alpha value is -2.74. The highest BCUT2D eigenvalue weighted by molar-refractivity contribution is 6.33. The van der Waals surface area contributed by atoms with Gasteiger partial charge in [0.05, 0.1) is 10.6 Å². The molecule has 33 heavy (non-hydrogen) atoms. The molecule has 1 aliphatic heterocycles. The first-order valence-corrected chi connectivity index (χ1v) is 11.6. The van der Waals surface area contributed by atoms with Gasteiger partial charge in [-0.1, -0.05) is 53.2 Å². The van der Waals surface area contributed by atoms with Crippen molar-refractivity contribution < 1.29 is 13.7 Å². The van der Waals surface area contributed by atoms with Gasteiger partial charge in [0.1, 0.15) is 22.8 Å². The average Bonchev–Trinajstić information content (AvgIpc) is 3.19. The van der Waals surface area contributed by atoms with Crippen LogP contribution in [0.25, 0.3) is 11.3 Å². The maximum atomic E-state index is 14.3. The number of nitrogens with zero attached hydrogens (tertiary/aromatic N) is 3. The number of benzene rings is 2. The van der Waals surface area contributed by atoms with Crippen LogP contribution in [0.4, 0.5) is 4.39 Å². The lowest BCUT2D eigenvalue weighted by molar-refractivity contribution is 0.0946. The molecule has 0 saturated carbocycles. The largest absolute Gasteiger partial charge is 0.360 e. The van der Waals surface area contributed by atoms with E-state index in [1.807, 2.05) is 6.07 Å². The Morgan fingerprint density at radius 3 is 2.55 bits per heavy atom. The van der Waals surface area contributed by atoms with Crippen LogP contribution in [0.2, 0.25) is 5.02 Å². The van der Waals surface area contributed by atoms with E-state index in [1.165, 1.54) is 17.7 Å². The number of carbonyl (C=O) groups excluding carboxylic acids is 1. The minimum atomic E-state index is -0.545. The summed E-state index contributed by atoms with van der Waals surface area (Å²) in [7, 11) is 0. The Kier molecular flexibility index (Phi) is 7.75. The molecule has 0 radical (unpaired) electrons. The van der Waals surface area contributed by atoms with Crippen LogP contribution >= 0.6 is 11.6 Å². The molecule has 1 aliphatic rings. The number of hydrogen-bond acceptors (Lipinski definition) is 5. The Morgan fingerprint density at radius 1 is 1.09 bits per heavy atom. The molecule has 0 bridgehead atoms. The third kappa shape index (κ3) is 5.79. The van der Waals surface area contributed by atoms with E-state index in [-0.39, 0.29) is 27.8 Å². The van der Waals surface area contributed by atoms with Crippen molar-refractivity contribution >= 4 is 17.5 Å². The molecule has 2 aromatic carbocycles. The van der Waals surface area contributed by atoms with Gasteiger partial charge in [0.25, 0.3) is 5.91 Å². The third-order valence-electron chi connectivity index (χ3n) is 5.94. The van der Waals surface area contributed by atoms with Crippen LogP contribution < -0.4 is 5.32 Å². The molecule has 4 rings (SSSR count). The molecule has 1 aromatic heterocycles. The SMILES string of the molecule is Cc1onc(-c2c(F)cccc2Cl)c1C(=O)NCCCN1CCN(Cc2ccccc2)CC1. The summed E-state index contributed by atoms with van der Waals surface area (Å²) in [5.74, 6) is -0.552. The number of amides is 1. The predicted octanol–water partition coefficient (Wildman–Crippen LogP) is 4.38. The number of aryl methyl sites for hydroxylation is 1. The number of hydrogen-bond donors (Lipinski definition) is 1. The van der Waals surface area contributed by atoms with Crippen molar-refractivity contribution in [1.29, 1.82) is 0 Å². The van der Waals surface area contributed by atoms with E-state index in [2.05, 4.69) is 44.5 Å². The monoisotopic (exact) mass is 470 g/mol. The van der Waals surface area contributed by atoms with Gasteiger partial charge >= 0.3 is 0 Å². The van der Waals surface area contributed by atoms with Crippen molar-refractivity contribution in [2.45, 2.75) is 19.9 Å². The number of rotatable bonds is 8. The summed E-state index contributed by atoms with van der Waals surface area (Å²) < 4.78 is 19.5. The molecule has 1 amide bonds. The van der Waals surface area contributed by atoms with Gasteiger partial charge in [0.2, 0.25) is 0 Å². The van der Waals surface area contributed by atoms with Gasteiger partial charge in [0, 0.05) is 39.3 Å². The zero-order valence-electron chi connectivity index (χ0n) is 18.7. The van der Waals surface area contributed by atoms with Crippen molar-refractivity contribution in [2.75, 3.05) is 39.3 Å². The Labute approximate surface area is 198 Å². The fourth-order valence-electron chi connectivity index (χ4n) is 4.14. The Morgan fingerprint density at radius 2 is 1.82 bits per heavy atom. The second-order valence-electron chi connectivity index (χ2n) is 8.27. The van der Waals surface area contributed by atoms with Crippen molar-refractivity contribution in [1.82, 2.24) is 20.3 Å². The number of nitrogens with one attached hydrogen (secondary N) is 1. The van der Waals surface area contributed by atoms with Crippen LogP contribution in [-0.2, 0) is 6.54 Å². The maximum absolute atomic E-state index is 14.3. The number of carbonyl (C=O) groups is 1. The molecular formula is C25H28ClFN4O2. The van der Waals surface area contributed by atoms with Gasteiger partial charge in [-0.25, -0.2) is 4.39 Å². The van der Waals surface area contributed by atoms with Gasteiger partial charge in [-0.05, 0) is 37.6 Å². The lowest BCUT2D eigenvalue weighted by Gasteiger charge is -2.34. The highest BCUT2D eigenvalue weighted by Gasteiger charge is 2.25. The second-order valence-corrected chi connectivity index (χ2v) is 8.68. The van der Waals surface area contributed by atoms with E-state index in [0.29, 0.717) is 12.3 Å². The Bertz CT molecular complexity index is 1060. The van der Waals surface area contributed by atoms with Crippen molar-refractivity contribution in [2.24, 2.45) is 0 Å². The van der Waals surface area contributed by atoms with Crippen LogP contribution in [0.5, 0.6) is 0 Å². The minimum Gasteiger partial charge on any atom is -0.360 e. The third-order valence-corrected chi connectivity index (χ3v) is 6.25. The van der Waals surface area contributed by atoms with Crippen molar-refractivity contribution in [3.8, 4) is 11.3 Å². The summed E-state index contributed by atoms with van der Waals surface area (Å²) >= 11 is 6.16. The Balaban J connectivity index is 1.24. The molecule has 1 saturated heterocycles. The van der Waals surface area contributed by atoms with Gasteiger partial charge in [-0.3, -0.25) is 9.69 Å². The maximum Gasteiger partial charge on any atom is 0.257 e. The average molecular weight is 471 g/mol. The number of halogens is 2. The molecule has 0 aliphatic carbocycles. The van der Waals surface area contributed by atoms with Crippen LogP contribution in [0, 0.1) is 12.7 Å². The molecular weight excluding hydrogens is 443 g/mol. The van der Waals surface area contributed by atoms with E-state index in [4.69, 9.17) is 16.1 Å². The summed E-state index contributed by atoms with van der Waals surface area (Å²) in [5, 5.41) is 6.99. The highest BCUT2D eigenvalue weighted by Crippen LogP contribution is 2.33. The molecule has 1 fully saturated rings. The highest BCUT2D eigenvalue weighted by atomic mass is 35.5. The van der Waals surface area contributed by atoms with E-state index < -0.39 is 5.82 Å². The van der Waals surface area contributed by atoms with Gasteiger partial charge in [-0.2, -0.15) is 0 Å². The first kappa shape index (κ1) is 23.4. The summed E-state index contributed by atoms with van der Waals surface area (Å²) in [6.07, 6.45) is 0.824. The smallest absolute Gasteiger partial charge is 0.257 e. The zero-order valence-corrected chi connectivity index (χ0v) is 19.4. The number of aromatic nitrogens is 1. The van der Waals surface area contributed by atoms with Gasteiger partial charge < -0.3 is 14.7 Å². The normalized spacial score (nSPS) is 15.0. The second kappa shape index (κ2) is 10.9. The first-order chi connectivity index (χ1) is 16.0. The van der Waals surface area contributed by atoms with Crippen molar-refractivity contribution in [3.63, 3.8) is 0 Å². The standard InChI is InChI=1S/C25H28ClFN4O2/c1-18-22(24(29-33-18)23-20(26)9-5-10-21(23)27)25(32)28-11-6-12-30-13-15-31(16-14-30)17-19-7-3-2-4-8-19/h2-5,7-10H,6,11-17H2,1H3,(H,28,32). The lowest BCUT2D eigenvalue weighted by atomic mass is 10.0. The van der Waals surface area contributed by atoms with Crippen LogP contribution in [0.3, 0.4) is 0 Å². The van der Waals surface area contributed by atoms with E-state index in [0.717, 1.165) is 45.7 Å². The topological polar surface area (TPSA) is 61.6 Å². The van der Waals surface area contributed by atoms with Crippen LogP contribution in [-0.4, -0.2) is 60.1 Å². The number of piperazine rings is 1. The first-order valence-electron chi connectivity index (χ1n) is 11.2. The van der Waals surface area contributed by atoms with Gasteiger partial charge in [0.15, 0.2) is 0 Å². The molecule has 1 N–H and O–H groups in total. The summed E-state index contributed by atoms with van der Waals surface area (Å²) in [5.41, 5.74) is 1.77. The molecule has 0 unspecified atom stereocenters. The molecule has 174 valence electrons. The van der Waals surface area contributed by atoms with Crippen molar-refractivity contribution in [3.05, 3.63) is 76.3 Å². The fourth-order valence-corrected chi connectivity index (χ4v) is 4.39. The minimum absolute atomic E-state index is 0.0783. The molecule has 2 heterocycles. The molecule has 8 heteroatoms. The van der Waals surface area contributed by atoms with Gasteiger partial charge in [-0.15, -0.1) is 0 Å². The molecule has 0 spiro atoms. The predicted molar refractivity (Wildman–Crippen MR) is 127 cm³/mol. The van der Waals surface area contributed by atoms with E-state index in [1.54, 1.807) is 13.0 Å². The van der Waals surface area contributed by atoms with Crippen LogP contribution in [0.15, 0.2) is 53.1 Å².